The summed E-state index contributed by atoms with van der Waals surface area (Å²) >= 11 is 1.57. The van der Waals surface area contributed by atoms with E-state index in [1.807, 2.05) is 31.7 Å². The van der Waals surface area contributed by atoms with Gasteiger partial charge in [0.2, 0.25) is 0 Å². The van der Waals surface area contributed by atoms with E-state index in [2.05, 4.69) is 10.3 Å². The second-order valence-corrected chi connectivity index (χ2v) is 6.07. The molecule has 1 amide bonds. The first-order chi connectivity index (χ1) is 8.46. The number of aromatic nitrogens is 1. The number of hydrogen-bond donors (Lipinski definition) is 1. The summed E-state index contributed by atoms with van der Waals surface area (Å²) in [6.45, 7) is 7.69. The minimum absolute atomic E-state index is 0.109. The highest BCUT2D eigenvalue weighted by Gasteiger charge is 2.28. The number of piperazine rings is 1. The Labute approximate surface area is 111 Å². The Kier molecular flexibility index (Phi) is 3.87. The molecule has 1 unspecified atom stereocenters. The molecule has 0 aromatic carbocycles. The van der Waals surface area contributed by atoms with Crippen LogP contribution in [-0.2, 0) is 4.74 Å². The average molecular weight is 269 g/mol. The third-order valence-electron chi connectivity index (χ3n) is 2.64. The van der Waals surface area contributed by atoms with Gasteiger partial charge in [0.15, 0.2) is 0 Å². The number of hydrogen-bond acceptors (Lipinski definition) is 5. The number of thiazole rings is 1. The molecule has 18 heavy (non-hydrogen) atoms. The molecule has 2 heterocycles. The van der Waals surface area contributed by atoms with E-state index >= 15 is 0 Å². The first-order valence-corrected chi connectivity index (χ1v) is 6.99. The number of rotatable bonds is 1. The van der Waals surface area contributed by atoms with E-state index in [-0.39, 0.29) is 12.1 Å². The van der Waals surface area contributed by atoms with Crippen molar-refractivity contribution >= 4 is 17.4 Å². The summed E-state index contributed by atoms with van der Waals surface area (Å²) < 4.78 is 5.38. The van der Waals surface area contributed by atoms with Crippen LogP contribution in [0.4, 0.5) is 4.79 Å². The van der Waals surface area contributed by atoms with Crippen molar-refractivity contribution in [2.24, 2.45) is 0 Å². The molecular weight excluding hydrogens is 250 g/mol. The fourth-order valence-electron chi connectivity index (χ4n) is 1.83. The molecule has 0 bridgehead atoms. The predicted octanol–water partition coefficient (Wildman–Crippen LogP) is 2.02. The molecule has 0 spiro atoms. The van der Waals surface area contributed by atoms with E-state index in [4.69, 9.17) is 4.74 Å². The maximum atomic E-state index is 12.0. The van der Waals surface area contributed by atoms with Crippen molar-refractivity contribution in [1.82, 2.24) is 15.2 Å². The molecule has 1 aromatic heterocycles. The second-order valence-electron chi connectivity index (χ2n) is 5.35. The van der Waals surface area contributed by atoms with Crippen LogP contribution in [-0.4, -0.2) is 41.2 Å². The lowest BCUT2D eigenvalue weighted by molar-refractivity contribution is 0.0194. The van der Waals surface area contributed by atoms with Gasteiger partial charge in [0.1, 0.15) is 5.60 Å². The molecule has 0 radical (unpaired) electrons. The van der Waals surface area contributed by atoms with Crippen LogP contribution >= 0.6 is 11.3 Å². The van der Waals surface area contributed by atoms with Crippen LogP contribution in [0.3, 0.4) is 0 Å². The maximum Gasteiger partial charge on any atom is 0.410 e. The standard InChI is InChI=1S/C12H19N3O2S/c1-12(2,3)17-11(16)15-5-4-13-9(6-15)10-7-18-8-14-10/h7-9,13H,4-6H2,1-3H3. The first-order valence-electron chi connectivity index (χ1n) is 6.05. The highest BCUT2D eigenvalue weighted by molar-refractivity contribution is 7.07. The Morgan fingerprint density at radius 1 is 1.61 bits per heavy atom. The zero-order valence-electron chi connectivity index (χ0n) is 11.0. The summed E-state index contributed by atoms with van der Waals surface area (Å²) in [5.41, 5.74) is 2.36. The van der Waals surface area contributed by atoms with Gasteiger partial charge in [0, 0.05) is 25.0 Å². The Morgan fingerprint density at radius 2 is 2.39 bits per heavy atom. The van der Waals surface area contributed by atoms with Crippen LogP contribution in [0.5, 0.6) is 0 Å². The van der Waals surface area contributed by atoms with Crippen LogP contribution in [0.25, 0.3) is 0 Å². The van der Waals surface area contributed by atoms with Crippen molar-refractivity contribution in [1.29, 1.82) is 0 Å². The monoisotopic (exact) mass is 269 g/mol. The minimum atomic E-state index is -0.446. The van der Waals surface area contributed by atoms with Crippen LogP contribution in [0, 0.1) is 0 Å². The van der Waals surface area contributed by atoms with E-state index in [0.29, 0.717) is 13.1 Å². The quantitative estimate of drug-likeness (QED) is 0.847. The van der Waals surface area contributed by atoms with Crippen LogP contribution in [0.1, 0.15) is 32.5 Å². The SMILES string of the molecule is CC(C)(C)OC(=O)N1CCNC(c2cscn2)C1. The van der Waals surface area contributed by atoms with E-state index in [9.17, 15) is 4.79 Å². The van der Waals surface area contributed by atoms with Crippen molar-refractivity contribution < 1.29 is 9.53 Å². The molecule has 1 N–H and O–H groups in total. The molecule has 1 atom stereocenters. The Hall–Kier alpha value is -1.14. The molecule has 1 saturated heterocycles. The number of carbonyl (C=O) groups is 1. The molecule has 1 fully saturated rings. The lowest BCUT2D eigenvalue weighted by Crippen LogP contribution is -2.49. The molecule has 1 aliphatic rings. The van der Waals surface area contributed by atoms with Gasteiger partial charge in [-0.2, -0.15) is 0 Å². The number of amides is 1. The normalized spacial score (nSPS) is 20.8. The number of ether oxygens (including phenoxy) is 1. The molecular formula is C12H19N3O2S. The van der Waals surface area contributed by atoms with Crippen molar-refractivity contribution in [2.75, 3.05) is 19.6 Å². The Morgan fingerprint density at radius 3 is 3.00 bits per heavy atom. The van der Waals surface area contributed by atoms with Gasteiger partial charge in [-0.1, -0.05) is 0 Å². The lowest BCUT2D eigenvalue weighted by Gasteiger charge is -2.34. The van der Waals surface area contributed by atoms with Crippen LogP contribution < -0.4 is 5.32 Å². The van der Waals surface area contributed by atoms with Crippen molar-refractivity contribution in [3.8, 4) is 0 Å². The largest absolute Gasteiger partial charge is 0.444 e. The average Bonchev–Trinajstić information content (AvgIpc) is 2.80. The molecule has 6 heteroatoms. The van der Waals surface area contributed by atoms with E-state index in [0.717, 1.165) is 12.2 Å². The van der Waals surface area contributed by atoms with E-state index in [1.54, 1.807) is 16.2 Å². The third-order valence-corrected chi connectivity index (χ3v) is 3.24. The summed E-state index contributed by atoms with van der Waals surface area (Å²) in [5, 5.41) is 5.37. The molecule has 5 nitrogen and oxygen atoms in total. The van der Waals surface area contributed by atoms with Gasteiger partial charge in [-0.15, -0.1) is 11.3 Å². The number of nitrogens with one attached hydrogen (secondary N) is 1. The van der Waals surface area contributed by atoms with Gasteiger partial charge in [-0.3, -0.25) is 0 Å². The first kappa shape index (κ1) is 13.3. The van der Waals surface area contributed by atoms with Gasteiger partial charge in [-0.25, -0.2) is 9.78 Å². The van der Waals surface area contributed by atoms with Crippen molar-refractivity contribution in [3.05, 3.63) is 16.6 Å². The topological polar surface area (TPSA) is 54.5 Å². The van der Waals surface area contributed by atoms with Crippen LogP contribution in [0.15, 0.2) is 10.9 Å². The zero-order chi connectivity index (χ0) is 13.2. The second kappa shape index (κ2) is 5.24. The smallest absolute Gasteiger partial charge is 0.410 e. The van der Waals surface area contributed by atoms with E-state index < -0.39 is 5.60 Å². The molecule has 2 rings (SSSR count). The van der Waals surface area contributed by atoms with Crippen molar-refractivity contribution in [3.63, 3.8) is 0 Å². The maximum absolute atomic E-state index is 12.0. The minimum Gasteiger partial charge on any atom is -0.444 e. The third kappa shape index (κ3) is 3.43. The van der Waals surface area contributed by atoms with E-state index in [1.165, 1.54) is 0 Å². The molecule has 0 aliphatic carbocycles. The predicted molar refractivity (Wildman–Crippen MR) is 70.7 cm³/mol. The van der Waals surface area contributed by atoms with Gasteiger partial charge in [-0.05, 0) is 20.8 Å². The summed E-state index contributed by atoms with van der Waals surface area (Å²) in [5.74, 6) is 0. The highest BCUT2D eigenvalue weighted by Crippen LogP contribution is 2.19. The lowest BCUT2D eigenvalue weighted by atomic mass is 10.1. The van der Waals surface area contributed by atoms with Gasteiger partial charge in [0.05, 0.1) is 17.2 Å². The Bertz CT molecular complexity index is 400. The highest BCUT2D eigenvalue weighted by atomic mass is 32.1. The summed E-state index contributed by atoms with van der Waals surface area (Å²) in [4.78, 5) is 18.0. The van der Waals surface area contributed by atoms with Gasteiger partial charge >= 0.3 is 6.09 Å². The van der Waals surface area contributed by atoms with Crippen LogP contribution in [0.2, 0.25) is 0 Å². The molecule has 1 aliphatic heterocycles. The summed E-state index contributed by atoms with van der Waals surface area (Å²) in [7, 11) is 0. The molecule has 0 saturated carbocycles. The summed E-state index contributed by atoms with van der Waals surface area (Å²) in [6.07, 6.45) is -0.246. The number of nitrogens with zero attached hydrogens (tertiary/aromatic N) is 2. The molecule has 1 aromatic rings. The fourth-order valence-corrected chi connectivity index (χ4v) is 2.44. The summed E-state index contributed by atoms with van der Waals surface area (Å²) in [6, 6.07) is 0.109. The van der Waals surface area contributed by atoms with Gasteiger partial charge < -0.3 is 15.0 Å². The van der Waals surface area contributed by atoms with Crippen molar-refractivity contribution in [2.45, 2.75) is 32.4 Å². The number of carbonyl (C=O) groups excluding carboxylic acids is 1. The molecule has 100 valence electrons. The van der Waals surface area contributed by atoms with Gasteiger partial charge in [0.25, 0.3) is 0 Å². The fraction of sp³-hybridized carbons (Fsp3) is 0.667. The zero-order valence-corrected chi connectivity index (χ0v) is 11.8. The Balaban J connectivity index is 1.96.